The van der Waals surface area contributed by atoms with Crippen molar-refractivity contribution in [1.29, 1.82) is 4.78 Å². The summed E-state index contributed by atoms with van der Waals surface area (Å²) in [5.74, 6) is -14.0. The summed E-state index contributed by atoms with van der Waals surface area (Å²) in [6, 6.07) is 0. The highest BCUT2D eigenvalue weighted by molar-refractivity contribution is 7.75. The van der Waals surface area contributed by atoms with Crippen LogP contribution in [0.2, 0.25) is 0 Å². The number of thiol groups is 2. The van der Waals surface area contributed by atoms with Gasteiger partial charge in [0, 0.05) is 0 Å². The van der Waals surface area contributed by atoms with Crippen molar-refractivity contribution in [1.82, 2.24) is 0 Å². The van der Waals surface area contributed by atoms with Crippen molar-refractivity contribution >= 4 is 21.3 Å². The molecule has 0 saturated carbocycles. The van der Waals surface area contributed by atoms with E-state index < -0.39 is 43.7 Å². The molecule has 0 fully saturated rings. The molecule has 0 aromatic heterocycles. The van der Waals surface area contributed by atoms with E-state index in [1.54, 1.807) is 0 Å². The highest BCUT2D eigenvalue weighted by Crippen LogP contribution is 2.53. The number of alkyl halides is 8. The predicted octanol–water partition coefficient (Wildman–Crippen LogP) is 1.30. The zero-order chi connectivity index (χ0) is 15.2. The Morgan fingerprint density at radius 2 is 0.944 bits per heavy atom. The van der Waals surface area contributed by atoms with Gasteiger partial charge < -0.3 is 0 Å². The Kier molecular flexibility index (Phi) is 4.30. The van der Waals surface area contributed by atoms with Crippen molar-refractivity contribution in [3.05, 3.63) is 0 Å². The van der Waals surface area contributed by atoms with Crippen molar-refractivity contribution in [3.63, 3.8) is 0 Å². The number of hydrogen-bond donors (Lipinski definition) is 3. The van der Waals surface area contributed by atoms with Gasteiger partial charge in [-0.3, -0.25) is 4.78 Å². The van der Waals surface area contributed by atoms with Gasteiger partial charge in [-0.25, -0.2) is 12.6 Å². The smallest absolute Gasteiger partial charge is 0.250 e. The first-order valence-electron chi connectivity index (χ1n) is 3.48. The largest absolute Gasteiger partial charge is 0.411 e. The SMILES string of the molecule is N=[SH](=O)C(F)(F)C(F)(F)C(F)(F)C(F)(F)[SH](=O)=O. The Morgan fingerprint density at radius 1 is 0.667 bits per heavy atom. The molecule has 1 N–H and O–H groups in total. The van der Waals surface area contributed by atoms with E-state index in [0.29, 0.717) is 0 Å². The van der Waals surface area contributed by atoms with Crippen LogP contribution in [-0.2, 0) is 21.3 Å². The molecule has 0 aromatic rings. The van der Waals surface area contributed by atoms with Gasteiger partial charge >= 0.3 is 22.4 Å². The quantitative estimate of drug-likeness (QED) is 0.526. The molecule has 14 heteroatoms. The average molecular weight is 329 g/mol. The standard InChI is InChI=1S/C4H3F8NO3S2/c5-1(6,3(9,10)17(13)14)2(7,8)4(11,12)18(15)16/h13,17-18H. The second kappa shape index (κ2) is 4.47. The summed E-state index contributed by atoms with van der Waals surface area (Å²) in [4.78, 5) is 0. The minimum Gasteiger partial charge on any atom is -0.250 e. The summed E-state index contributed by atoms with van der Waals surface area (Å²) in [6.45, 7) is 0. The van der Waals surface area contributed by atoms with Crippen LogP contribution in [0.4, 0.5) is 35.1 Å². The lowest BCUT2D eigenvalue weighted by atomic mass is 10.2. The van der Waals surface area contributed by atoms with E-state index in [0.717, 1.165) is 0 Å². The molecule has 1 unspecified atom stereocenters. The minimum absolute atomic E-state index is 5.06. The molecule has 18 heavy (non-hydrogen) atoms. The summed E-state index contributed by atoms with van der Waals surface area (Å²) < 4.78 is 135. The van der Waals surface area contributed by atoms with E-state index in [9.17, 15) is 47.8 Å². The summed E-state index contributed by atoms with van der Waals surface area (Å²) in [5.41, 5.74) is 0. The van der Waals surface area contributed by atoms with E-state index in [4.69, 9.17) is 4.78 Å². The molecule has 0 aliphatic heterocycles. The zero-order valence-corrected chi connectivity index (χ0v) is 9.43. The fraction of sp³-hybridized carbons (Fsp3) is 1.00. The lowest BCUT2D eigenvalue weighted by Crippen LogP contribution is -2.62. The second-order valence-electron chi connectivity index (χ2n) is 2.78. The molecular formula is C4H3F8NO3S2. The monoisotopic (exact) mass is 329 g/mol. The van der Waals surface area contributed by atoms with Gasteiger partial charge in [-0.2, -0.15) is 35.1 Å². The van der Waals surface area contributed by atoms with Gasteiger partial charge in [0.25, 0.3) is 0 Å². The van der Waals surface area contributed by atoms with Gasteiger partial charge in [0.15, 0.2) is 0 Å². The number of rotatable bonds is 5. The third-order valence-corrected chi connectivity index (χ3v) is 3.16. The first kappa shape index (κ1) is 17.3. The summed E-state index contributed by atoms with van der Waals surface area (Å²) in [6.07, 6.45) is 0. The van der Waals surface area contributed by atoms with E-state index in [1.165, 1.54) is 0 Å². The van der Waals surface area contributed by atoms with Crippen molar-refractivity contribution in [2.45, 2.75) is 22.4 Å². The maximum atomic E-state index is 12.5. The average Bonchev–Trinajstić information content (AvgIpc) is 2.15. The fourth-order valence-corrected chi connectivity index (χ4v) is 1.39. The van der Waals surface area contributed by atoms with Gasteiger partial charge in [0.1, 0.15) is 10.6 Å². The third kappa shape index (κ3) is 2.15. The molecular weight excluding hydrogens is 326 g/mol. The van der Waals surface area contributed by atoms with Crippen LogP contribution in [0.3, 0.4) is 0 Å². The molecule has 0 radical (unpaired) electrons. The molecule has 4 nitrogen and oxygen atoms in total. The van der Waals surface area contributed by atoms with Gasteiger partial charge in [-0.15, -0.1) is 0 Å². The van der Waals surface area contributed by atoms with Crippen molar-refractivity contribution < 1.29 is 47.8 Å². The van der Waals surface area contributed by atoms with Gasteiger partial charge in [0.2, 0.25) is 10.7 Å². The van der Waals surface area contributed by atoms with Crippen LogP contribution in [0.1, 0.15) is 0 Å². The maximum Gasteiger partial charge on any atom is 0.411 e. The molecule has 0 rings (SSSR count). The lowest BCUT2D eigenvalue weighted by molar-refractivity contribution is -0.324. The van der Waals surface area contributed by atoms with Crippen LogP contribution in [0.25, 0.3) is 0 Å². The molecule has 0 aliphatic carbocycles. The summed E-state index contributed by atoms with van der Waals surface area (Å²) in [7, 11) is -10.6. The van der Waals surface area contributed by atoms with Crippen LogP contribution in [0, 0.1) is 4.78 Å². The van der Waals surface area contributed by atoms with Gasteiger partial charge in [-0.05, 0) is 0 Å². The fourth-order valence-electron chi connectivity index (χ4n) is 0.620. The molecule has 0 aliphatic rings. The van der Waals surface area contributed by atoms with E-state index in [2.05, 4.69) is 0 Å². The molecule has 1 atom stereocenters. The normalized spacial score (nSPS) is 16.9. The minimum atomic E-state index is -7.04. The Balaban J connectivity index is 6.05. The first-order chi connectivity index (χ1) is 7.64. The highest BCUT2D eigenvalue weighted by Gasteiger charge is 2.82. The molecule has 0 amide bonds. The summed E-state index contributed by atoms with van der Waals surface area (Å²) >= 11 is 0. The van der Waals surface area contributed by atoms with E-state index >= 15 is 0 Å². The van der Waals surface area contributed by atoms with Gasteiger partial charge in [-0.1, -0.05) is 0 Å². The van der Waals surface area contributed by atoms with E-state index in [1.807, 2.05) is 0 Å². The zero-order valence-electron chi connectivity index (χ0n) is 7.64. The Bertz CT molecular complexity index is 421. The van der Waals surface area contributed by atoms with Crippen molar-refractivity contribution in [2.75, 3.05) is 0 Å². The van der Waals surface area contributed by atoms with Crippen LogP contribution in [0.5, 0.6) is 0 Å². The second-order valence-corrected chi connectivity index (χ2v) is 5.01. The molecule has 0 aromatic carbocycles. The predicted molar refractivity (Wildman–Crippen MR) is 42.4 cm³/mol. The van der Waals surface area contributed by atoms with Crippen LogP contribution >= 0.6 is 0 Å². The third-order valence-electron chi connectivity index (χ3n) is 1.63. The van der Waals surface area contributed by atoms with Crippen molar-refractivity contribution in [3.8, 4) is 0 Å². The van der Waals surface area contributed by atoms with Crippen LogP contribution < -0.4 is 0 Å². The van der Waals surface area contributed by atoms with Crippen molar-refractivity contribution in [2.24, 2.45) is 0 Å². The Morgan fingerprint density at radius 3 is 1.17 bits per heavy atom. The number of nitrogens with one attached hydrogen (secondary N) is 1. The molecule has 0 heterocycles. The first-order valence-corrected chi connectivity index (χ1v) is 5.92. The van der Waals surface area contributed by atoms with Crippen LogP contribution in [-0.4, -0.2) is 35.0 Å². The lowest BCUT2D eigenvalue weighted by Gasteiger charge is -2.32. The Hall–Kier alpha value is -0.660. The van der Waals surface area contributed by atoms with Crippen LogP contribution in [0.15, 0.2) is 0 Å². The number of hydrogen-bond acceptors (Lipinski definition) is 4. The number of halogens is 8. The molecule has 0 saturated heterocycles. The Labute approximate surface area is 96.9 Å². The van der Waals surface area contributed by atoms with Gasteiger partial charge in [0.05, 0.1) is 0 Å². The molecule has 0 bridgehead atoms. The topological polar surface area (TPSA) is 75.1 Å². The molecule has 0 spiro atoms. The summed E-state index contributed by atoms with van der Waals surface area (Å²) in [5, 5.41) is -12.8. The van der Waals surface area contributed by atoms with E-state index in [-0.39, 0.29) is 0 Å². The highest BCUT2D eigenvalue weighted by atomic mass is 32.2. The maximum absolute atomic E-state index is 12.5. The molecule has 110 valence electrons.